The third-order valence-electron chi connectivity index (χ3n) is 3.84. The summed E-state index contributed by atoms with van der Waals surface area (Å²) in [5.41, 5.74) is 0.939. The van der Waals surface area contributed by atoms with Crippen molar-refractivity contribution in [1.29, 1.82) is 0 Å². The first-order valence-electron chi connectivity index (χ1n) is 8.40. The zero-order chi connectivity index (χ0) is 18.8. The molecule has 6 heteroatoms. The maximum atomic E-state index is 12.0. The van der Waals surface area contributed by atoms with Crippen LogP contribution in [0.5, 0.6) is 23.0 Å². The lowest BCUT2D eigenvalue weighted by Crippen LogP contribution is -2.28. The monoisotopic (exact) mass is 359 g/mol. The summed E-state index contributed by atoms with van der Waals surface area (Å²) in [5, 5.41) is 2.85. The summed E-state index contributed by atoms with van der Waals surface area (Å²) in [5.74, 6) is 2.90. The summed E-state index contributed by atoms with van der Waals surface area (Å²) < 4.78 is 21.3. The van der Waals surface area contributed by atoms with E-state index < -0.39 is 0 Å². The predicted octanol–water partition coefficient (Wildman–Crippen LogP) is 2.84. The Labute approximate surface area is 154 Å². The lowest BCUT2D eigenvalue weighted by Gasteiger charge is -2.11. The fraction of sp³-hybridized carbons (Fsp3) is 0.350. The van der Waals surface area contributed by atoms with E-state index in [-0.39, 0.29) is 5.91 Å². The molecular formula is C20H25NO5. The van der Waals surface area contributed by atoms with Crippen molar-refractivity contribution in [1.82, 2.24) is 5.32 Å². The molecule has 0 unspecified atom stereocenters. The van der Waals surface area contributed by atoms with Gasteiger partial charge < -0.3 is 24.3 Å². The highest BCUT2D eigenvalue weighted by atomic mass is 16.5. The van der Waals surface area contributed by atoms with Gasteiger partial charge in [0.1, 0.15) is 29.6 Å². The van der Waals surface area contributed by atoms with E-state index in [0.717, 1.165) is 22.8 Å². The molecule has 0 heterocycles. The molecule has 0 saturated heterocycles. The summed E-state index contributed by atoms with van der Waals surface area (Å²) in [6, 6.07) is 12.9. The van der Waals surface area contributed by atoms with Crippen molar-refractivity contribution in [3.8, 4) is 23.0 Å². The Hall–Kier alpha value is -2.89. The predicted molar refractivity (Wildman–Crippen MR) is 99.4 cm³/mol. The molecule has 0 aliphatic carbocycles. The second kappa shape index (κ2) is 10.2. The van der Waals surface area contributed by atoms with Gasteiger partial charge in [-0.2, -0.15) is 0 Å². The topological polar surface area (TPSA) is 66.0 Å². The second-order valence-electron chi connectivity index (χ2n) is 5.56. The van der Waals surface area contributed by atoms with Crippen LogP contribution in [-0.4, -0.2) is 40.4 Å². The van der Waals surface area contributed by atoms with Crippen molar-refractivity contribution in [3.63, 3.8) is 0 Å². The van der Waals surface area contributed by atoms with Crippen LogP contribution in [0.1, 0.15) is 12.0 Å². The maximum Gasteiger partial charge on any atom is 0.220 e. The average molecular weight is 359 g/mol. The van der Waals surface area contributed by atoms with Gasteiger partial charge in [-0.15, -0.1) is 0 Å². The molecule has 0 spiro atoms. The first-order chi connectivity index (χ1) is 12.7. The molecule has 0 atom stereocenters. The van der Waals surface area contributed by atoms with Crippen LogP contribution in [0.25, 0.3) is 0 Å². The Morgan fingerprint density at radius 3 is 2.38 bits per heavy atom. The van der Waals surface area contributed by atoms with E-state index >= 15 is 0 Å². The Balaban J connectivity index is 1.73. The molecule has 2 rings (SSSR count). The van der Waals surface area contributed by atoms with Crippen molar-refractivity contribution in [2.24, 2.45) is 0 Å². The number of ether oxygens (including phenoxy) is 4. The highest BCUT2D eigenvalue weighted by Gasteiger charge is 2.08. The van der Waals surface area contributed by atoms with Crippen LogP contribution in [0, 0.1) is 0 Å². The number of methoxy groups -OCH3 is 3. The van der Waals surface area contributed by atoms with E-state index in [2.05, 4.69) is 5.32 Å². The molecular weight excluding hydrogens is 334 g/mol. The van der Waals surface area contributed by atoms with E-state index in [9.17, 15) is 4.79 Å². The molecule has 26 heavy (non-hydrogen) atoms. The summed E-state index contributed by atoms with van der Waals surface area (Å²) >= 11 is 0. The highest BCUT2D eigenvalue weighted by Crippen LogP contribution is 2.25. The van der Waals surface area contributed by atoms with E-state index in [1.165, 1.54) is 0 Å². The summed E-state index contributed by atoms with van der Waals surface area (Å²) in [6.07, 6.45) is 0.936. The van der Waals surface area contributed by atoms with Crippen LogP contribution >= 0.6 is 0 Å². The fourth-order valence-corrected chi connectivity index (χ4v) is 2.46. The van der Waals surface area contributed by atoms with Gasteiger partial charge in [0.05, 0.1) is 27.9 Å². The number of nitrogens with one attached hydrogen (secondary N) is 1. The number of carbonyl (C=O) groups excluding carboxylic acids is 1. The zero-order valence-corrected chi connectivity index (χ0v) is 15.4. The lowest BCUT2D eigenvalue weighted by atomic mass is 10.1. The minimum atomic E-state index is -0.0379. The first kappa shape index (κ1) is 19.4. The van der Waals surface area contributed by atoms with Crippen LogP contribution in [0.2, 0.25) is 0 Å². The average Bonchev–Trinajstić information content (AvgIpc) is 2.69. The number of benzene rings is 2. The van der Waals surface area contributed by atoms with Crippen molar-refractivity contribution in [3.05, 3.63) is 48.0 Å². The molecule has 1 N–H and O–H groups in total. The molecule has 140 valence electrons. The van der Waals surface area contributed by atoms with E-state index in [1.807, 2.05) is 36.4 Å². The van der Waals surface area contributed by atoms with Crippen molar-refractivity contribution in [2.45, 2.75) is 12.8 Å². The molecule has 0 aliphatic rings. The van der Waals surface area contributed by atoms with E-state index in [1.54, 1.807) is 27.4 Å². The van der Waals surface area contributed by atoms with Gasteiger partial charge in [0.15, 0.2) is 0 Å². The van der Waals surface area contributed by atoms with Gasteiger partial charge in [-0.25, -0.2) is 0 Å². The number of hydrogen-bond acceptors (Lipinski definition) is 5. The minimum absolute atomic E-state index is 0.0379. The summed E-state index contributed by atoms with van der Waals surface area (Å²) in [6.45, 7) is 0.826. The standard InChI is InChI=1S/C20H25NO5/c1-23-16-5-4-6-18(14-16)26-12-11-21-20(22)10-7-15-13-17(24-2)8-9-19(15)25-3/h4-6,8-9,13-14H,7,10-12H2,1-3H3,(H,21,22). The number of hydrogen-bond donors (Lipinski definition) is 1. The lowest BCUT2D eigenvalue weighted by molar-refractivity contribution is -0.121. The Bertz CT molecular complexity index is 717. The van der Waals surface area contributed by atoms with Crippen LogP contribution in [0.4, 0.5) is 0 Å². The Kier molecular flexibility index (Phi) is 7.61. The molecule has 1 amide bonds. The minimum Gasteiger partial charge on any atom is -0.497 e. The van der Waals surface area contributed by atoms with E-state index in [4.69, 9.17) is 18.9 Å². The van der Waals surface area contributed by atoms with Gasteiger partial charge in [-0.1, -0.05) is 6.07 Å². The summed E-state index contributed by atoms with van der Waals surface area (Å²) in [4.78, 5) is 12.0. The van der Waals surface area contributed by atoms with Crippen molar-refractivity contribution in [2.75, 3.05) is 34.5 Å². The van der Waals surface area contributed by atoms with Gasteiger partial charge in [-0.3, -0.25) is 4.79 Å². The van der Waals surface area contributed by atoms with Gasteiger partial charge >= 0.3 is 0 Å². The molecule has 0 bridgehead atoms. The highest BCUT2D eigenvalue weighted by molar-refractivity contribution is 5.76. The smallest absolute Gasteiger partial charge is 0.220 e. The van der Waals surface area contributed by atoms with Crippen LogP contribution in [0.3, 0.4) is 0 Å². The Morgan fingerprint density at radius 2 is 1.65 bits per heavy atom. The quantitative estimate of drug-likeness (QED) is 0.661. The SMILES string of the molecule is COc1cccc(OCCNC(=O)CCc2cc(OC)ccc2OC)c1. The van der Waals surface area contributed by atoms with Crippen LogP contribution in [0.15, 0.2) is 42.5 Å². The van der Waals surface area contributed by atoms with Crippen molar-refractivity contribution < 1.29 is 23.7 Å². The van der Waals surface area contributed by atoms with Gasteiger partial charge in [-0.05, 0) is 42.3 Å². The molecule has 2 aromatic carbocycles. The van der Waals surface area contributed by atoms with Crippen molar-refractivity contribution >= 4 is 5.91 Å². The molecule has 0 radical (unpaired) electrons. The normalized spacial score (nSPS) is 10.1. The number of rotatable bonds is 10. The third-order valence-corrected chi connectivity index (χ3v) is 3.84. The number of aryl methyl sites for hydroxylation is 1. The number of carbonyl (C=O) groups is 1. The molecule has 0 fully saturated rings. The first-order valence-corrected chi connectivity index (χ1v) is 8.40. The fourth-order valence-electron chi connectivity index (χ4n) is 2.46. The Morgan fingerprint density at radius 1 is 0.923 bits per heavy atom. The molecule has 0 aliphatic heterocycles. The van der Waals surface area contributed by atoms with Crippen LogP contribution in [-0.2, 0) is 11.2 Å². The molecule has 0 aromatic heterocycles. The zero-order valence-electron chi connectivity index (χ0n) is 15.4. The largest absolute Gasteiger partial charge is 0.497 e. The van der Waals surface area contributed by atoms with Gasteiger partial charge in [0, 0.05) is 12.5 Å². The van der Waals surface area contributed by atoms with Gasteiger partial charge in [0.2, 0.25) is 5.91 Å². The third kappa shape index (κ3) is 5.88. The molecule has 2 aromatic rings. The number of amides is 1. The maximum absolute atomic E-state index is 12.0. The van der Waals surface area contributed by atoms with E-state index in [0.29, 0.717) is 31.7 Å². The molecule has 6 nitrogen and oxygen atoms in total. The second-order valence-corrected chi connectivity index (χ2v) is 5.56. The van der Waals surface area contributed by atoms with Gasteiger partial charge in [0.25, 0.3) is 0 Å². The van der Waals surface area contributed by atoms with Crippen LogP contribution < -0.4 is 24.3 Å². The summed E-state index contributed by atoms with van der Waals surface area (Å²) in [7, 11) is 4.83. The molecule has 0 saturated carbocycles.